The molecule has 1 aromatic rings. The highest BCUT2D eigenvalue weighted by atomic mass is 32.2. The molecule has 0 saturated heterocycles. The van der Waals surface area contributed by atoms with Crippen molar-refractivity contribution >= 4 is 26.8 Å². The summed E-state index contributed by atoms with van der Waals surface area (Å²) in [7, 11) is -3.44. The molecule has 0 saturated carbocycles. The third-order valence-electron chi connectivity index (χ3n) is 3.84. The summed E-state index contributed by atoms with van der Waals surface area (Å²) in [4.78, 5) is 11.8. The number of carbonyl (C=O) groups is 1. The molecule has 1 aromatic carbocycles. The Bertz CT molecular complexity index is 692. The fourth-order valence-corrected chi connectivity index (χ4v) is 4.48. The van der Waals surface area contributed by atoms with E-state index in [1.807, 2.05) is 26.8 Å². The second kappa shape index (κ2) is 9.09. The summed E-state index contributed by atoms with van der Waals surface area (Å²) in [5.41, 5.74) is 1.14. The van der Waals surface area contributed by atoms with Gasteiger partial charge in [-0.2, -0.15) is 5.26 Å². The van der Waals surface area contributed by atoms with E-state index in [9.17, 15) is 13.2 Å². The molecule has 0 bridgehead atoms. The average Bonchev–Trinajstić information content (AvgIpc) is 2.53. The molecule has 0 fully saturated rings. The van der Waals surface area contributed by atoms with Crippen LogP contribution >= 0.6 is 11.8 Å². The first kappa shape index (κ1) is 20.5. The van der Waals surface area contributed by atoms with Crippen LogP contribution in [-0.2, 0) is 9.84 Å². The summed E-state index contributed by atoms with van der Waals surface area (Å²) < 4.78 is 25.4. The number of nitriles is 1. The molecule has 0 aliphatic rings. The fraction of sp³-hybridized carbons (Fsp3) is 0.529. The molecular formula is C17H24N2O3S2. The minimum Gasteiger partial charge on any atom is -0.343 e. The molecule has 5 nitrogen and oxygen atoms in total. The van der Waals surface area contributed by atoms with E-state index in [0.717, 1.165) is 11.8 Å². The van der Waals surface area contributed by atoms with Crippen molar-refractivity contribution in [1.29, 1.82) is 5.26 Å². The molecule has 0 heterocycles. The van der Waals surface area contributed by atoms with Crippen molar-refractivity contribution < 1.29 is 13.2 Å². The van der Waals surface area contributed by atoms with Crippen LogP contribution in [0.1, 0.15) is 44.1 Å². The Balaban J connectivity index is 2.91. The summed E-state index contributed by atoms with van der Waals surface area (Å²) in [6.07, 6.45) is 0. The number of hydrogen-bond acceptors (Lipinski definition) is 5. The fourth-order valence-electron chi connectivity index (χ4n) is 2.16. The van der Waals surface area contributed by atoms with Gasteiger partial charge >= 0.3 is 0 Å². The number of sulfone groups is 1. The molecule has 2 unspecified atom stereocenters. The van der Waals surface area contributed by atoms with Crippen molar-refractivity contribution in [3.05, 3.63) is 35.4 Å². The van der Waals surface area contributed by atoms with Gasteiger partial charge in [-0.3, -0.25) is 4.79 Å². The van der Waals surface area contributed by atoms with E-state index in [-0.39, 0.29) is 16.9 Å². The largest absolute Gasteiger partial charge is 0.343 e. The van der Waals surface area contributed by atoms with Crippen LogP contribution in [0.2, 0.25) is 0 Å². The Morgan fingerprint density at radius 2 is 1.83 bits per heavy atom. The lowest BCUT2D eigenvalue weighted by atomic mass is 10.1. The van der Waals surface area contributed by atoms with Gasteiger partial charge in [0.2, 0.25) is 0 Å². The molecule has 1 amide bonds. The summed E-state index contributed by atoms with van der Waals surface area (Å²) >= 11 is 1.14. The van der Waals surface area contributed by atoms with Gasteiger partial charge in [0.05, 0.1) is 22.6 Å². The lowest BCUT2D eigenvalue weighted by molar-refractivity contribution is 0.255. The van der Waals surface area contributed by atoms with Crippen molar-refractivity contribution in [2.24, 2.45) is 5.92 Å². The van der Waals surface area contributed by atoms with E-state index in [2.05, 4.69) is 5.32 Å². The Kier molecular flexibility index (Phi) is 7.77. The van der Waals surface area contributed by atoms with Gasteiger partial charge in [-0.05, 0) is 36.3 Å². The zero-order chi connectivity index (χ0) is 18.3. The number of rotatable bonds is 7. The molecule has 7 heteroatoms. The minimum absolute atomic E-state index is 0.00865. The first-order valence-corrected chi connectivity index (χ1v) is 10.6. The second-order valence-corrected chi connectivity index (χ2v) is 9.52. The standard InChI is InChI=1S/C17H24N2O3S2/c1-5-23-17(20)19-16(12(2)3)11-24(21,22)13(4)15-8-6-14(10-18)7-9-15/h6-9,12-13,16H,5,11H2,1-4H3,(H,19,20). The first-order valence-electron chi connectivity index (χ1n) is 7.86. The van der Waals surface area contributed by atoms with Crippen molar-refractivity contribution in [2.75, 3.05) is 11.5 Å². The first-order chi connectivity index (χ1) is 11.2. The highest BCUT2D eigenvalue weighted by molar-refractivity contribution is 8.13. The van der Waals surface area contributed by atoms with Gasteiger partial charge in [-0.25, -0.2) is 8.42 Å². The van der Waals surface area contributed by atoms with E-state index in [1.54, 1.807) is 31.2 Å². The SMILES string of the molecule is CCSC(=O)NC(CS(=O)(=O)C(C)c1ccc(C#N)cc1)C(C)C. The Morgan fingerprint density at radius 3 is 2.29 bits per heavy atom. The van der Waals surface area contributed by atoms with Crippen LogP contribution in [0.25, 0.3) is 0 Å². The van der Waals surface area contributed by atoms with Crippen LogP contribution in [0.4, 0.5) is 4.79 Å². The summed E-state index contributed by atoms with van der Waals surface area (Å²) in [5.74, 6) is 0.543. The molecule has 0 aliphatic carbocycles. The normalized spacial score (nSPS) is 14.0. The zero-order valence-corrected chi connectivity index (χ0v) is 16.1. The second-order valence-electron chi connectivity index (χ2n) is 5.92. The molecule has 0 aliphatic heterocycles. The monoisotopic (exact) mass is 368 g/mol. The molecule has 0 radical (unpaired) electrons. The lowest BCUT2D eigenvalue weighted by Crippen LogP contribution is -2.42. The molecule has 0 spiro atoms. The van der Waals surface area contributed by atoms with Crippen molar-refractivity contribution in [3.8, 4) is 6.07 Å². The number of nitrogens with zero attached hydrogens (tertiary/aromatic N) is 1. The van der Waals surface area contributed by atoms with Gasteiger partial charge in [0, 0.05) is 6.04 Å². The number of carbonyl (C=O) groups excluding carboxylic acids is 1. The zero-order valence-electron chi connectivity index (χ0n) is 14.4. The third-order valence-corrected chi connectivity index (χ3v) is 6.69. The van der Waals surface area contributed by atoms with E-state index >= 15 is 0 Å². The van der Waals surface area contributed by atoms with E-state index in [0.29, 0.717) is 16.9 Å². The van der Waals surface area contributed by atoms with Crippen LogP contribution in [0, 0.1) is 17.2 Å². The average molecular weight is 369 g/mol. The Morgan fingerprint density at radius 1 is 1.25 bits per heavy atom. The lowest BCUT2D eigenvalue weighted by Gasteiger charge is -2.24. The van der Waals surface area contributed by atoms with Gasteiger partial charge in [0.25, 0.3) is 5.24 Å². The third kappa shape index (κ3) is 5.84. The quantitative estimate of drug-likeness (QED) is 0.795. The van der Waals surface area contributed by atoms with E-state index < -0.39 is 21.1 Å². The molecule has 24 heavy (non-hydrogen) atoms. The van der Waals surface area contributed by atoms with Gasteiger partial charge in [-0.15, -0.1) is 0 Å². The van der Waals surface area contributed by atoms with Crippen LogP contribution < -0.4 is 5.32 Å². The van der Waals surface area contributed by atoms with Crippen LogP contribution in [0.5, 0.6) is 0 Å². The smallest absolute Gasteiger partial charge is 0.279 e. The molecule has 0 aromatic heterocycles. The van der Waals surface area contributed by atoms with Crippen molar-refractivity contribution in [2.45, 2.75) is 39.0 Å². The Labute approximate surface area is 148 Å². The highest BCUT2D eigenvalue weighted by Gasteiger charge is 2.29. The highest BCUT2D eigenvalue weighted by Crippen LogP contribution is 2.24. The predicted molar refractivity (Wildman–Crippen MR) is 98.6 cm³/mol. The Hall–Kier alpha value is -1.52. The van der Waals surface area contributed by atoms with E-state index in [1.165, 1.54) is 0 Å². The van der Waals surface area contributed by atoms with Crippen LogP contribution in [0.15, 0.2) is 24.3 Å². The number of amides is 1. The molecule has 2 atom stereocenters. The minimum atomic E-state index is -3.44. The predicted octanol–water partition coefficient (Wildman–Crippen LogP) is 3.52. The molecular weight excluding hydrogens is 344 g/mol. The number of nitrogens with one attached hydrogen (secondary N) is 1. The maximum atomic E-state index is 12.7. The number of thioether (sulfide) groups is 1. The molecule has 1 N–H and O–H groups in total. The van der Waals surface area contributed by atoms with Gasteiger partial charge in [-0.1, -0.05) is 44.7 Å². The maximum absolute atomic E-state index is 12.7. The van der Waals surface area contributed by atoms with Crippen molar-refractivity contribution in [1.82, 2.24) is 5.32 Å². The topological polar surface area (TPSA) is 87.0 Å². The van der Waals surface area contributed by atoms with Gasteiger partial charge in [0.15, 0.2) is 9.84 Å². The summed E-state index contributed by atoms with van der Waals surface area (Å²) in [6.45, 7) is 7.29. The van der Waals surface area contributed by atoms with Gasteiger partial charge < -0.3 is 5.32 Å². The van der Waals surface area contributed by atoms with E-state index in [4.69, 9.17) is 5.26 Å². The van der Waals surface area contributed by atoms with Gasteiger partial charge in [0.1, 0.15) is 0 Å². The van der Waals surface area contributed by atoms with Crippen molar-refractivity contribution in [3.63, 3.8) is 0 Å². The number of benzene rings is 1. The molecule has 132 valence electrons. The number of hydrogen-bond donors (Lipinski definition) is 1. The molecule has 1 rings (SSSR count). The summed E-state index contributed by atoms with van der Waals surface area (Å²) in [5, 5.41) is 10.7. The van der Waals surface area contributed by atoms with Crippen LogP contribution in [0.3, 0.4) is 0 Å². The maximum Gasteiger partial charge on any atom is 0.279 e. The summed E-state index contributed by atoms with van der Waals surface area (Å²) in [6, 6.07) is 8.14. The van der Waals surface area contributed by atoms with Crippen LogP contribution in [-0.4, -0.2) is 31.2 Å².